The molecule has 0 bridgehead atoms. The van der Waals surface area contributed by atoms with Crippen molar-refractivity contribution in [3.05, 3.63) is 65.5 Å². The SMILES string of the molecule is Fc1cc(F)c(F)c(NCC(F)(F)c2ccccc2)c1. The molecule has 2 aromatic carbocycles. The Balaban J connectivity index is 2.16. The van der Waals surface area contributed by atoms with Gasteiger partial charge in [-0.25, -0.2) is 13.2 Å². The maximum absolute atomic E-state index is 13.8. The summed E-state index contributed by atoms with van der Waals surface area (Å²) in [5.74, 6) is -7.17. The highest BCUT2D eigenvalue weighted by atomic mass is 19.3. The van der Waals surface area contributed by atoms with E-state index in [0.717, 1.165) is 0 Å². The molecule has 0 unspecified atom stereocenters. The minimum Gasteiger partial charge on any atom is -0.376 e. The van der Waals surface area contributed by atoms with E-state index in [9.17, 15) is 22.0 Å². The van der Waals surface area contributed by atoms with Crippen molar-refractivity contribution in [3.8, 4) is 0 Å². The van der Waals surface area contributed by atoms with Gasteiger partial charge in [0.1, 0.15) is 5.82 Å². The van der Waals surface area contributed by atoms with Crippen molar-refractivity contribution < 1.29 is 22.0 Å². The largest absolute Gasteiger partial charge is 0.376 e. The van der Waals surface area contributed by atoms with Crippen LogP contribution >= 0.6 is 0 Å². The molecule has 0 aromatic heterocycles. The predicted molar refractivity (Wildman–Crippen MR) is 65.1 cm³/mol. The third kappa shape index (κ3) is 3.07. The molecular weight excluding hydrogens is 277 g/mol. The summed E-state index contributed by atoms with van der Waals surface area (Å²) >= 11 is 0. The first-order valence-electron chi connectivity index (χ1n) is 5.72. The van der Waals surface area contributed by atoms with E-state index in [2.05, 4.69) is 0 Å². The molecule has 20 heavy (non-hydrogen) atoms. The lowest BCUT2D eigenvalue weighted by atomic mass is 10.1. The highest BCUT2D eigenvalue weighted by molar-refractivity contribution is 5.46. The van der Waals surface area contributed by atoms with Gasteiger partial charge in [0.25, 0.3) is 5.92 Å². The fraction of sp³-hybridized carbons (Fsp3) is 0.143. The molecule has 0 amide bonds. The summed E-state index contributed by atoms with van der Waals surface area (Å²) in [6.07, 6.45) is 0. The van der Waals surface area contributed by atoms with Crippen LogP contribution in [0, 0.1) is 17.5 Å². The normalized spacial score (nSPS) is 11.4. The first-order valence-corrected chi connectivity index (χ1v) is 5.72. The average Bonchev–Trinajstić information content (AvgIpc) is 2.42. The maximum Gasteiger partial charge on any atom is 0.290 e. The highest BCUT2D eigenvalue weighted by Gasteiger charge is 2.31. The smallest absolute Gasteiger partial charge is 0.290 e. The molecule has 0 aliphatic rings. The summed E-state index contributed by atoms with van der Waals surface area (Å²) in [7, 11) is 0. The summed E-state index contributed by atoms with van der Waals surface area (Å²) in [6.45, 7) is -0.975. The average molecular weight is 287 g/mol. The molecule has 0 atom stereocenters. The summed E-state index contributed by atoms with van der Waals surface area (Å²) < 4.78 is 66.8. The second-order valence-corrected chi connectivity index (χ2v) is 4.17. The lowest BCUT2D eigenvalue weighted by Crippen LogP contribution is -2.25. The highest BCUT2D eigenvalue weighted by Crippen LogP contribution is 2.29. The molecule has 106 valence electrons. The number of hydrogen-bond donors (Lipinski definition) is 1. The number of alkyl halides is 2. The zero-order chi connectivity index (χ0) is 14.8. The Hall–Kier alpha value is -2.11. The maximum atomic E-state index is 13.8. The lowest BCUT2D eigenvalue weighted by molar-refractivity contribution is 0.0105. The van der Waals surface area contributed by atoms with Crippen LogP contribution in [0.1, 0.15) is 5.56 Å². The van der Waals surface area contributed by atoms with Crippen LogP contribution in [0.3, 0.4) is 0 Å². The van der Waals surface area contributed by atoms with Gasteiger partial charge < -0.3 is 5.32 Å². The van der Waals surface area contributed by atoms with Gasteiger partial charge in [0.05, 0.1) is 12.2 Å². The van der Waals surface area contributed by atoms with E-state index in [4.69, 9.17) is 0 Å². The molecule has 6 heteroatoms. The molecule has 2 rings (SSSR count). The topological polar surface area (TPSA) is 12.0 Å². The number of rotatable bonds is 4. The van der Waals surface area contributed by atoms with E-state index in [-0.39, 0.29) is 5.56 Å². The molecule has 0 spiro atoms. The Morgan fingerprint density at radius 1 is 0.950 bits per heavy atom. The van der Waals surface area contributed by atoms with Crippen molar-refractivity contribution in [2.24, 2.45) is 0 Å². The molecule has 0 radical (unpaired) electrons. The van der Waals surface area contributed by atoms with E-state index < -0.39 is 35.6 Å². The molecule has 0 heterocycles. The van der Waals surface area contributed by atoms with Crippen LogP contribution in [0.15, 0.2) is 42.5 Å². The molecule has 1 nitrogen and oxygen atoms in total. The van der Waals surface area contributed by atoms with Crippen LogP contribution in [0.4, 0.5) is 27.6 Å². The van der Waals surface area contributed by atoms with Crippen molar-refractivity contribution >= 4 is 5.69 Å². The third-order valence-corrected chi connectivity index (χ3v) is 2.69. The predicted octanol–water partition coefficient (Wildman–Crippen LogP) is 4.31. The molecule has 0 fully saturated rings. The minimum atomic E-state index is -3.30. The second-order valence-electron chi connectivity index (χ2n) is 4.17. The van der Waals surface area contributed by atoms with Gasteiger partial charge in [-0.3, -0.25) is 0 Å². The first-order chi connectivity index (χ1) is 9.40. The van der Waals surface area contributed by atoms with Crippen LogP contribution in [0.2, 0.25) is 0 Å². The van der Waals surface area contributed by atoms with E-state index in [0.29, 0.717) is 12.1 Å². The molecule has 1 N–H and O–H groups in total. The fourth-order valence-electron chi connectivity index (χ4n) is 1.67. The van der Waals surface area contributed by atoms with Gasteiger partial charge in [0.2, 0.25) is 0 Å². The number of nitrogens with one attached hydrogen (secondary N) is 1. The monoisotopic (exact) mass is 287 g/mol. The van der Waals surface area contributed by atoms with Crippen molar-refractivity contribution in [1.29, 1.82) is 0 Å². The number of anilines is 1. The summed E-state index contributed by atoms with van der Waals surface area (Å²) in [6, 6.07) is 7.84. The van der Waals surface area contributed by atoms with Gasteiger partial charge in [-0.05, 0) is 0 Å². The van der Waals surface area contributed by atoms with Gasteiger partial charge in [-0.1, -0.05) is 30.3 Å². The molecule has 0 aliphatic carbocycles. The Labute approximate surface area is 112 Å². The van der Waals surface area contributed by atoms with E-state index in [1.165, 1.54) is 24.3 Å². The number of hydrogen-bond acceptors (Lipinski definition) is 1. The van der Waals surface area contributed by atoms with Crippen LogP contribution in [0.5, 0.6) is 0 Å². The number of benzene rings is 2. The standard InChI is InChI=1S/C14H10F5N/c15-10-6-11(16)13(17)12(7-10)20-8-14(18,19)9-4-2-1-3-5-9/h1-7,20H,8H2. The van der Waals surface area contributed by atoms with Gasteiger partial charge in [-0.15, -0.1) is 0 Å². The summed E-state index contributed by atoms with van der Waals surface area (Å²) in [5.41, 5.74) is -0.914. The quantitative estimate of drug-likeness (QED) is 0.652. The van der Waals surface area contributed by atoms with E-state index in [1.54, 1.807) is 6.07 Å². The summed E-state index contributed by atoms with van der Waals surface area (Å²) in [4.78, 5) is 0. The summed E-state index contributed by atoms with van der Waals surface area (Å²) in [5, 5.41) is 2.03. The zero-order valence-corrected chi connectivity index (χ0v) is 10.1. The van der Waals surface area contributed by atoms with Crippen LogP contribution < -0.4 is 5.32 Å². The zero-order valence-electron chi connectivity index (χ0n) is 10.1. The fourth-order valence-corrected chi connectivity index (χ4v) is 1.67. The second kappa shape index (κ2) is 5.48. The van der Waals surface area contributed by atoms with Crippen molar-refractivity contribution in [3.63, 3.8) is 0 Å². The Bertz CT molecular complexity index is 598. The molecule has 2 aromatic rings. The Kier molecular flexibility index (Phi) is 3.92. The molecule has 0 saturated carbocycles. The van der Waals surface area contributed by atoms with E-state index in [1.807, 2.05) is 5.32 Å². The number of halogens is 5. The Morgan fingerprint density at radius 2 is 1.60 bits per heavy atom. The van der Waals surface area contributed by atoms with Crippen molar-refractivity contribution in [2.75, 3.05) is 11.9 Å². The Morgan fingerprint density at radius 3 is 2.25 bits per heavy atom. The minimum absolute atomic E-state index is 0.273. The van der Waals surface area contributed by atoms with Crippen molar-refractivity contribution in [2.45, 2.75) is 5.92 Å². The van der Waals surface area contributed by atoms with Crippen molar-refractivity contribution in [1.82, 2.24) is 0 Å². The molecule has 0 saturated heterocycles. The van der Waals surface area contributed by atoms with Gasteiger partial charge in [-0.2, -0.15) is 8.78 Å². The van der Waals surface area contributed by atoms with Gasteiger partial charge in [0.15, 0.2) is 11.6 Å². The van der Waals surface area contributed by atoms with Gasteiger partial charge in [0, 0.05) is 17.7 Å². The lowest BCUT2D eigenvalue weighted by Gasteiger charge is -2.18. The molecular formula is C14H10F5N. The first kappa shape index (κ1) is 14.3. The van der Waals surface area contributed by atoms with Crippen LogP contribution in [-0.2, 0) is 5.92 Å². The van der Waals surface area contributed by atoms with Gasteiger partial charge >= 0.3 is 0 Å². The van der Waals surface area contributed by atoms with E-state index >= 15 is 0 Å². The van der Waals surface area contributed by atoms with Crippen LogP contribution in [-0.4, -0.2) is 6.54 Å². The van der Waals surface area contributed by atoms with Crippen LogP contribution in [0.25, 0.3) is 0 Å². The molecule has 0 aliphatic heterocycles. The third-order valence-electron chi connectivity index (χ3n) is 2.69.